The van der Waals surface area contributed by atoms with Crippen LogP contribution in [0.2, 0.25) is 0 Å². The van der Waals surface area contributed by atoms with Crippen LogP contribution in [0, 0.1) is 0 Å². The molecule has 14 heavy (non-hydrogen) atoms. The van der Waals surface area contributed by atoms with Gasteiger partial charge >= 0.3 is 0 Å². The molecule has 0 aliphatic heterocycles. The number of carbonyl (C=O) groups excluding carboxylic acids is 1. The van der Waals surface area contributed by atoms with Crippen molar-refractivity contribution in [3.8, 4) is 0 Å². The third-order valence-electron chi connectivity index (χ3n) is 2.87. The van der Waals surface area contributed by atoms with E-state index in [9.17, 15) is 4.79 Å². The SMILES string of the molecule is CCN(CC)CCSC1CCCC1=O. The normalized spacial score (nSPS) is 22.2. The molecule has 3 heteroatoms. The Labute approximate surface area is 91.4 Å². The summed E-state index contributed by atoms with van der Waals surface area (Å²) in [5.74, 6) is 1.59. The van der Waals surface area contributed by atoms with Gasteiger partial charge in [0, 0.05) is 18.7 Å². The van der Waals surface area contributed by atoms with Gasteiger partial charge in [0.2, 0.25) is 0 Å². The van der Waals surface area contributed by atoms with Gasteiger partial charge < -0.3 is 4.90 Å². The minimum absolute atomic E-state index is 0.325. The highest BCUT2D eigenvalue weighted by Gasteiger charge is 2.24. The summed E-state index contributed by atoms with van der Waals surface area (Å²) in [5, 5.41) is 0.325. The van der Waals surface area contributed by atoms with Crippen molar-refractivity contribution in [3.63, 3.8) is 0 Å². The summed E-state index contributed by atoms with van der Waals surface area (Å²) in [7, 11) is 0. The Balaban J connectivity index is 2.11. The van der Waals surface area contributed by atoms with Crippen LogP contribution in [0.3, 0.4) is 0 Å². The highest BCUT2D eigenvalue weighted by molar-refractivity contribution is 8.00. The maximum Gasteiger partial charge on any atom is 0.145 e. The molecule has 1 saturated carbocycles. The standard InChI is InChI=1S/C11H21NOS/c1-3-12(4-2)8-9-14-11-7-5-6-10(11)13/h11H,3-9H2,1-2H3. The molecule has 0 spiro atoms. The molecular weight excluding hydrogens is 194 g/mol. The zero-order valence-electron chi connectivity index (χ0n) is 9.29. The highest BCUT2D eigenvalue weighted by atomic mass is 32.2. The predicted molar refractivity (Wildman–Crippen MR) is 62.9 cm³/mol. The second-order valence-corrected chi connectivity index (χ2v) is 5.06. The number of ketones is 1. The number of thioether (sulfide) groups is 1. The fourth-order valence-corrected chi connectivity index (χ4v) is 3.11. The van der Waals surface area contributed by atoms with Crippen molar-refractivity contribution in [2.75, 3.05) is 25.4 Å². The first kappa shape index (κ1) is 12.1. The second-order valence-electron chi connectivity index (χ2n) is 3.74. The van der Waals surface area contributed by atoms with Crippen LogP contribution in [0.25, 0.3) is 0 Å². The number of nitrogens with zero attached hydrogens (tertiary/aromatic N) is 1. The first-order chi connectivity index (χ1) is 6.77. The van der Waals surface area contributed by atoms with Gasteiger partial charge in [-0.3, -0.25) is 4.79 Å². The summed E-state index contributed by atoms with van der Waals surface area (Å²) in [6.07, 6.45) is 3.05. The Hall–Kier alpha value is -0.0200. The maximum absolute atomic E-state index is 11.4. The summed E-state index contributed by atoms with van der Waals surface area (Å²) in [5.41, 5.74) is 0. The summed E-state index contributed by atoms with van der Waals surface area (Å²) in [6, 6.07) is 0. The molecule has 2 nitrogen and oxygen atoms in total. The van der Waals surface area contributed by atoms with E-state index >= 15 is 0 Å². The Morgan fingerprint density at radius 1 is 1.43 bits per heavy atom. The topological polar surface area (TPSA) is 20.3 Å². The van der Waals surface area contributed by atoms with Gasteiger partial charge in [0.25, 0.3) is 0 Å². The van der Waals surface area contributed by atoms with Gasteiger partial charge in [0.05, 0.1) is 5.25 Å². The molecule has 0 aromatic rings. The average molecular weight is 215 g/mol. The van der Waals surface area contributed by atoms with Crippen LogP contribution in [0.4, 0.5) is 0 Å². The third-order valence-corrected chi connectivity index (χ3v) is 4.19. The van der Waals surface area contributed by atoms with Crippen LogP contribution in [0.15, 0.2) is 0 Å². The lowest BCUT2D eigenvalue weighted by Crippen LogP contribution is -2.26. The Kier molecular flexibility index (Phi) is 5.56. The monoisotopic (exact) mass is 215 g/mol. The minimum Gasteiger partial charge on any atom is -0.303 e. The molecule has 0 aromatic heterocycles. The van der Waals surface area contributed by atoms with E-state index in [4.69, 9.17) is 0 Å². The van der Waals surface area contributed by atoms with E-state index in [0.717, 1.165) is 44.6 Å². The lowest BCUT2D eigenvalue weighted by atomic mass is 10.3. The van der Waals surface area contributed by atoms with Gasteiger partial charge in [-0.15, -0.1) is 11.8 Å². The molecule has 0 saturated heterocycles. The summed E-state index contributed by atoms with van der Waals surface area (Å²) >= 11 is 1.86. The van der Waals surface area contributed by atoms with E-state index in [0.29, 0.717) is 11.0 Å². The van der Waals surface area contributed by atoms with Crippen molar-refractivity contribution in [2.45, 2.75) is 38.4 Å². The van der Waals surface area contributed by atoms with E-state index < -0.39 is 0 Å². The molecule has 1 fully saturated rings. The molecule has 0 heterocycles. The number of rotatable bonds is 6. The summed E-state index contributed by atoms with van der Waals surface area (Å²) < 4.78 is 0. The molecule has 0 radical (unpaired) electrons. The van der Waals surface area contributed by atoms with Crippen LogP contribution in [0.1, 0.15) is 33.1 Å². The molecule has 1 aliphatic rings. The van der Waals surface area contributed by atoms with Crippen LogP contribution in [-0.4, -0.2) is 41.3 Å². The van der Waals surface area contributed by atoms with Crippen LogP contribution >= 0.6 is 11.8 Å². The molecule has 0 amide bonds. The quantitative estimate of drug-likeness (QED) is 0.677. The fourth-order valence-electron chi connectivity index (χ4n) is 1.82. The van der Waals surface area contributed by atoms with Gasteiger partial charge in [0.1, 0.15) is 5.78 Å². The van der Waals surface area contributed by atoms with Gasteiger partial charge in [-0.2, -0.15) is 0 Å². The molecule has 82 valence electrons. The minimum atomic E-state index is 0.325. The summed E-state index contributed by atoms with van der Waals surface area (Å²) in [6.45, 7) is 7.75. The average Bonchev–Trinajstić information content (AvgIpc) is 2.59. The molecule has 0 bridgehead atoms. The highest BCUT2D eigenvalue weighted by Crippen LogP contribution is 2.26. The van der Waals surface area contributed by atoms with Crippen LogP contribution in [0.5, 0.6) is 0 Å². The van der Waals surface area contributed by atoms with E-state index in [1.807, 2.05) is 11.8 Å². The summed E-state index contributed by atoms with van der Waals surface area (Å²) in [4.78, 5) is 13.8. The number of hydrogen-bond donors (Lipinski definition) is 0. The van der Waals surface area contributed by atoms with Gasteiger partial charge in [-0.25, -0.2) is 0 Å². The van der Waals surface area contributed by atoms with Gasteiger partial charge in [0.15, 0.2) is 0 Å². The van der Waals surface area contributed by atoms with Gasteiger partial charge in [-0.05, 0) is 25.9 Å². The smallest absolute Gasteiger partial charge is 0.145 e. The molecule has 1 unspecified atom stereocenters. The zero-order valence-corrected chi connectivity index (χ0v) is 10.1. The lowest BCUT2D eigenvalue weighted by molar-refractivity contribution is -0.116. The van der Waals surface area contributed by atoms with Crippen molar-refractivity contribution in [1.29, 1.82) is 0 Å². The third kappa shape index (κ3) is 3.62. The number of carbonyl (C=O) groups is 1. The number of hydrogen-bond acceptors (Lipinski definition) is 3. The van der Waals surface area contributed by atoms with Crippen molar-refractivity contribution in [2.24, 2.45) is 0 Å². The first-order valence-electron chi connectivity index (χ1n) is 5.64. The molecule has 0 N–H and O–H groups in total. The largest absolute Gasteiger partial charge is 0.303 e. The molecule has 0 aromatic carbocycles. The zero-order chi connectivity index (χ0) is 10.4. The Morgan fingerprint density at radius 3 is 2.64 bits per heavy atom. The molecule has 1 rings (SSSR count). The van der Waals surface area contributed by atoms with E-state index in [1.54, 1.807) is 0 Å². The van der Waals surface area contributed by atoms with Crippen LogP contribution in [-0.2, 0) is 4.79 Å². The molecular formula is C11H21NOS. The second kappa shape index (κ2) is 6.46. The lowest BCUT2D eigenvalue weighted by Gasteiger charge is -2.18. The van der Waals surface area contributed by atoms with Gasteiger partial charge in [-0.1, -0.05) is 13.8 Å². The van der Waals surface area contributed by atoms with E-state index in [1.165, 1.54) is 0 Å². The number of Topliss-reactive ketones (excluding diaryl/α,β-unsaturated/α-hetero) is 1. The van der Waals surface area contributed by atoms with Crippen molar-refractivity contribution < 1.29 is 4.79 Å². The van der Waals surface area contributed by atoms with Crippen molar-refractivity contribution in [1.82, 2.24) is 4.90 Å². The van der Waals surface area contributed by atoms with E-state index in [2.05, 4.69) is 18.7 Å². The fraction of sp³-hybridized carbons (Fsp3) is 0.909. The van der Waals surface area contributed by atoms with E-state index in [-0.39, 0.29) is 0 Å². The molecule has 1 aliphatic carbocycles. The molecule has 1 atom stereocenters. The first-order valence-corrected chi connectivity index (χ1v) is 6.69. The van der Waals surface area contributed by atoms with Crippen molar-refractivity contribution >= 4 is 17.5 Å². The Bertz CT molecular complexity index is 180. The maximum atomic E-state index is 11.4. The predicted octanol–water partition coefficient (Wildman–Crippen LogP) is 2.18. The van der Waals surface area contributed by atoms with Crippen LogP contribution < -0.4 is 0 Å². The Morgan fingerprint density at radius 2 is 2.14 bits per heavy atom. The van der Waals surface area contributed by atoms with Crippen molar-refractivity contribution in [3.05, 3.63) is 0 Å².